The number of amides is 1. The van der Waals surface area contributed by atoms with E-state index in [2.05, 4.69) is 21.9 Å². The van der Waals surface area contributed by atoms with Crippen LogP contribution in [0.5, 0.6) is 0 Å². The molecule has 25 heavy (non-hydrogen) atoms. The van der Waals surface area contributed by atoms with Crippen molar-refractivity contribution in [2.24, 2.45) is 0 Å². The smallest absolute Gasteiger partial charge is 0.254 e. The number of fused-ring (bicyclic) bond motifs is 1. The van der Waals surface area contributed by atoms with Gasteiger partial charge in [-0.3, -0.25) is 4.79 Å². The third-order valence-corrected chi connectivity index (χ3v) is 4.40. The van der Waals surface area contributed by atoms with Gasteiger partial charge in [0, 0.05) is 29.7 Å². The summed E-state index contributed by atoms with van der Waals surface area (Å²) < 4.78 is 7.10. The Bertz CT molecular complexity index is 948. The zero-order valence-corrected chi connectivity index (χ0v) is 14.0. The average molecular weight is 356 g/mol. The van der Waals surface area contributed by atoms with Crippen LogP contribution < -0.4 is 0 Å². The molecule has 0 unspecified atom stereocenters. The second kappa shape index (κ2) is 6.18. The van der Waals surface area contributed by atoms with Gasteiger partial charge < -0.3 is 14.0 Å². The van der Waals surface area contributed by atoms with Crippen molar-refractivity contribution in [3.63, 3.8) is 0 Å². The Labute approximate surface area is 148 Å². The third kappa shape index (κ3) is 2.72. The first kappa shape index (κ1) is 15.6. The lowest BCUT2D eigenvalue weighted by molar-refractivity contribution is 0.0707. The highest BCUT2D eigenvalue weighted by Crippen LogP contribution is 2.24. The quantitative estimate of drug-likeness (QED) is 0.722. The molecule has 4 rings (SSSR count). The molecule has 0 spiro atoms. The molecular weight excluding hydrogens is 342 g/mol. The molecule has 1 aromatic carbocycles. The molecule has 3 heterocycles. The van der Waals surface area contributed by atoms with E-state index in [1.807, 2.05) is 4.57 Å². The lowest BCUT2D eigenvalue weighted by atomic mass is 10.1. The zero-order valence-electron chi connectivity index (χ0n) is 13.2. The molecule has 0 atom stereocenters. The summed E-state index contributed by atoms with van der Waals surface area (Å²) in [6.45, 7) is 5.26. The molecule has 126 valence electrons. The molecule has 0 N–H and O–H groups in total. The molecule has 7 nitrogen and oxygen atoms in total. The maximum absolute atomic E-state index is 12.9. The predicted octanol–water partition coefficient (Wildman–Crippen LogP) is 2.89. The highest BCUT2D eigenvalue weighted by molar-refractivity contribution is 6.30. The van der Waals surface area contributed by atoms with Crippen LogP contribution in [0.15, 0.2) is 41.6 Å². The minimum atomic E-state index is -0.0815. The summed E-state index contributed by atoms with van der Waals surface area (Å²) in [7, 11) is 0. The molecule has 1 amide bonds. The normalized spacial score (nSPS) is 13.6. The van der Waals surface area contributed by atoms with Crippen LogP contribution in [-0.2, 0) is 13.1 Å². The first-order valence-corrected chi connectivity index (χ1v) is 8.09. The average Bonchev–Trinajstić information content (AvgIpc) is 3.29. The van der Waals surface area contributed by atoms with E-state index in [1.54, 1.807) is 41.4 Å². The molecule has 2 aromatic heterocycles. The van der Waals surface area contributed by atoms with Crippen molar-refractivity contribution in [1.29, 1.82) is 0 Å². The van der Waals surface area contributed by atoms with Gasteiger partial charge in [0.1, 0.15) is 0 Å². The highest BCUT2D eigenvalue weighted by atomic mass is 35.5. The maximum Gasteiger partial charge on any atom is 0.254 e. The van der Waals surface area contributed by atoms with Crippen LogP contribution in [0.2, 0.25) is 5.02 Å². The van der Waals surface area contributed by atoms with E-state index in [-0.39, 0.29) is 5.91 Å². The fraction of sp³-hybridized carbons (Fsp3) is 0.176. The summed E-state index contributed by atoms with van der Waals surface area (Å²) in [5.41, 5.74) is 1.29. The van der Waals surface area contributed by atoms with Gasteiger partial charge in [0.15, 0.2) is 5.82 Å². The molecule has 0 bridgehead atoms. The van der Waals surface area contributed by atoms with Gasteiger partial charge in [-0.1, -0.05) is 29.4 Å². The summed E-state index contributed by atoms with van der Waals surface area (Å²) in [6, 6.07) is 6.90. The van der Waals surface area contributed by atoms with E-state index in [9.17, 15) is 4.79 Å². The van der Waals surface area contributed by atoms with Gasteiger partial charge >= 0.3 is 0 Å². The summed E-state index contributed by atoms with van der Waals surface area (Å²) in [6.07, 6.45) is 3.19. The Balaban J connectivity index is 1.61. The van der Waals surface area contributed by atoms with E-state index >= 15 is 0 Å². The number of carbonyl (C=O) groups excluding carboxylic acids is 1. The number of hydrogen-bond donors (Lipinski definition) is 0. The zero-order chi connectivity index (χ0) is 17.4. The largest absolute Gasteiger partial charge is 0.353 e. The first-order valence-electron chi connectivity index (χ1n) is 7.72. The van der Waals surface area contributed by atoms with Gasteiger partial charge in [-0.15, -0.1) is 10.2 Å². The Kier molecular flexibility index (Phi) is 3.85. The molecule has 1 aliphatic rings. The van der Waals surface area contributed by atoms with Crippen LogP contribution >= 0.6 is 11.6 Å². The number of aromatic nitrogens is 4. The van der Waals surface area contributed by atoms with Crippen LogP contribution in [-0.4, -0.2) is 37.3 Å². The summed E-state index contributed by atoms with van der Waals surface area (Å²) in [5, 5.41) is 12.6. The number of nitrogens with zero attached hydrogens (tertiary/aromatic N) is 5. The lowest BCUT2D eigenvalue weighted by Crippen LogP contribution is -2.38. The second-order valence-corrected chi connectivity index (χ2v) is 6.07. The van der Waals surface area contributed by atoms with Crippen LogP contribution in [0.4, 0.5) is 0 Å². The maximum atomic E-state index is 12.9. The van der Waals surface area contributed by atoms with Crippen molar-refractivity contribution in [2.45, 2.75) is 13.1 Å². The minimum absolute atomic E-state index is 0.0815. The molecule has 1 aliphatic heterocycles. The van der Waals surface area contributed by atoms with Gasteiger partial charge in [-0.25, -0.2) is 0 Å². The van der Waals surface area contributed by atoms with E-state index in [0.717, 1.165) is 0 Å². The van der Waals surface area contributed by atoms with Crippen molar-refractivity contribution < 1.29 is 9.32 Å². The van der Waals surface area contributed by atoms with Gasteiger partial charge in [0.2, 0.25) is 11.6 Å². The van der Waals surface area contributed by atoms with Gasteiger partial charge in [0.05, 0.1) is 12.7 Å². The Morgan fingerprint density at radius 3 is 2.92 bits per heavy atom. The van der Waals surface area contributed by atoms with Gasteiger partial charge in [0.25, 0.3) is 5.91 Å². The first-order chi connectivity index (χ1) is 12.2. The van der Waals surface area contributed by atoms with Crippen LogP contribution in [0.25, 0.3) is 17.7 Å². The SMILES string of the molecule is C=Cc1cc(Cl)ccc1C(=O)N1CCn2c(nnc2-c2ccno2)C1. The fourth-order valence-electron chi connectivity index (χ4n) is 2.91. The highest BCUT2D eigenvalue weighted by Gasteiger charge is 2.27. The number of halogens is 1. The number of hydrogen-bond acceptors (Lipinski definition) is 5. The van der Waals surface area contributed by atoms with Crippen molar-refractivity contribution in [2.75, 3.05) is 6.54 Å². The second-order valence-electron chi connectivity index (χ2n) is 5.63. The minimum Gasteiger partial charge on any atom is -0.353 e. The molecule has 3 aromatic rings. The van der Waals surface area contributed by atoms with E-state index in [0.29, 0.717) is 53.2 Å². The van der Waals surface area contributed by atoms with Crippen LogP contribution in [0, 0.1) is 0 Å². The number of rotatable bonds is 3. The Morgan fingerprint density at radius 1 is 1.28 bits per heavy atom. The van der Waals surface area contributed by atoms with Crippen molar-refractivity contribution in [1.82, 2.24) is 24.8 Å². The topological polar surface area (TPSA) is 77.1 Å². The Hall–Kier alpha value is -2.93. The molecule has 0 aliphatic carbocycles. The van der Waals surface area contributed by atoms with Crippen LogP contribution in [0.1, 0.15) is 21.7 Å². The molecule has 0 saturated heterocycles. The molecule has 0 saturated carbocycles. The summed E-state index contributed by atoms with van der Waals surface area (Å²) in [4.78, 5) is 14.6. The van der Waals surface area contributed by atoms with E-state index in [4.69, 9.17) is 16.1 Å². The predicted molar refractivity (Wildman–Crippen MR) is 91.8 cm³/mol. The molecule has 0 radical (unpaired) electrons. The summed E-state index contributed by atoms with van der Waals surface area (Å²) in [5.74, 6) is 1.81. The van der Waals surface area contributed by atoms with E-state index < -0.39 is 0 Å². The lowest BCUT2D eigenvalue weighted by Gasteiger charge is -2.28. The Morgan fingerprint density at radius 2 is 2.16 bits per heavy atom. The summed E-state index contributed by atoms with van der Waals surface area (Å²) >= 11 is 6.00. The monoisotopic (exact) mass is 355 g/mol. The van der Waals surface area contributed by atoms with Gasteiger partial charge in [-0.05, 0) is 23.8 Å². The van der Waals surface area contributed by atoms with Crippen molar-refractivity contribution >= 4 is 23.6 Å². The number of carbonyl (C=O) groups is 1. The molecular formula is C17H14ClN5O2. The van der Waals surface area contributed by atoms with Gasteiger partial charge in [-0.2, -0.15) is 0 Å². The fourth-order valence-corrected chi connectivity index (χ4v) is 3.09. The standard InChI is InChI=1S/C17H14ClN5O2/c1-2-11-9-12(18)3-4-13(11)17(24)22-7-8-23-15(10-22)20-21-16(23)14-5-6-19-25-14/h2-6,9H,1,7-8,10H2. The molecule has 0 fully saturated rings. The van der Waals surface area contributed by atoms with Crippen LogP contribution in [0.3, 0.4) is 0 Å². The molecule has 8 heteroatoms. The van der Waals surface area contributed by atoms with E-state index in [1.165, 1.54) is 0 Å². The third-order valence-electron chi connectivity index (χ3n) is 4.16. The van der Waals surface area contributed by atoms with Crippen molar-refractivity contribution in [3.8, 4) is 11.6 Å². The van der Waals surface area contributed by atoms with Crippen molar-refractivity contribution in [3.05, 3.63) is 59.0 Å². The number of benzene rings is 1.